The first kappa shape index (κ1) is 51.8. The van der Waals surface area contributed by atoms with Gasteiger partial charge in [-0.3, -0.25) is 39.2 Å². The standard InChI is InChI=1S/C55H63F3N10O7/c1-37(69)67-31-40(24-47(55(56,57)58)49(67)28-59-43-5-3-4-42(26-43)54(34-74-35-54)27-50-62-60-36-63(50)2)30-64-16-14-45(15-17-64)75-23-22-73-33-39-8-6-38(7-9-39)29-65-18-20-66(21-19-65)44-10-11-46-41(25-44)32-68(53(46)72)48-12-13-51(70)61-52(48)71/h3-11,24-26,28,31,36,45,48,59H,12-23,27,29-30,32-35H2,1-2H3,(H,61,70,71)/b49-28-. The number of piperazine rings is 1. The summed E-state index contributed by atoms with van der Waals surface area (Å²) in [5, 5.41) is 13.6. The van der Waals surface area contributed by atoms with Gasteiger partial charge in [0.1, 0.15) is 18.2 Å². The lowest BCUT2D eigenvalue weighted by Gasteiger charge is -2.41. The molecule has 1 unspecified atom stereocenters. The smallest absolute Gasteiger partial charge is 0.379 e. The number of anilines is 2. The number of nitrogens with zero attached hydrogens (tertiary/aromatic N) is 8. The third-order valence-electron chi connectivity index (χ3n) is 15.2. The van der Waals surface area contributed by atoms with Crippen molar-refractivity contribution in [1.82, 2.24) is 39.7 Å². The molecule has 0 aliphatic carbocycles. The lowest BCUT2D eigenvalue weighted by Crippen LogP contribution is -2.52. The fraction of sp³-hybridized carbons (Fsp3) is 0.455. The van der Waals surface area contributed by atoms with Crippen molar-refractivity contribution in [3.05, 3.63) is 142 Å². The van der Waals surface area contributed by atoms with Crippen molar-refractivity contribution in [2.45, 2.75) is 82.5 Å². The Hall–Kier alpha value is -6.71. The van der Waals surface area contributed by atoms with Gasteiger partial charge in [-0.05, 0) is 83.5 Å². The number of imide groups is 1. The summed E-state index contributed by atoms with van der Waals surface area (Å²) in [5.74, 6) is -0.600. The number of fused-ring (bicyclic) bond motifs is 1. The fourth-order valence-corrected chi connectivity index (χ4v) is 10.8. The number of carbonyl (C=O) groups excluding carboxylic acids is 4. The number of hydrogen-bond acceptors (Lipinski definition) is 13. The van der Waals surface area contributed by atoms with Crippen molar-refractivity contribution >= 4 is 35.0 Å². The molecule has 7 heterocycles. The number of alkyl halides is 3. The Morgan fingerprint density at radius 2 is 1.68 bits per heavy atom. The molecule has 6 aliphatic rings. The highest BCUT2D eigenvalue weighted by molar-refractivity contribution is 6.05. The van der Waals surface area contributed by atoms with Crippen LogP contribution < -0.4 is 15.5 Å². The van der Waals surface area contributed by atoms with Crippen LogP contribution in [-0.2, 0) is 67.2 Å². The molecule has 4 amide bonds. The summed E-state index contributed by atoms with van der Waals surface area (Å²) in [6.07, 6.45) is 3.44. The molecule has 396 valence electrons. The molecule has 6 aliphatic heterocycles. The van der Waals surface area contributed by atoms with Gasteiger partial charge in [-0.15, -0.1) is 10.2 Å². The van der Waals surface area contributed by atoms with E-state index in [4.69, 9.17) is 14.2 Å². The van der Waals surface area contributed by atoms with Crippen molar-refractivity contribution in [3.8, 4) is 0 Å². The third-order valence-corrected chi connectivity index (χ3v) is 15.2. The zero-order valence-electron chi connectivity index (χ0n) is 42.3. The maximum absolute atomic E-state index is 14.8. The Morgan fingerprint density at radius 1 is 0.920 bits per heavy atom. The molecule has 10 rings (SSSR count). The van der Waals surface area contributed by atoms with E-state index in [9.17, 15) is 32.3 Å². The van der Waals surface area contributed by atoms with Crippen LogP contribution in [0.15, 0.2) is 108 Å². The molecule has 0 spiro atoms. The van der Waals surface area contributed by atoms with Gasteiger partial charge in [0.15, 0.2) is 0 Å². The largest absolute Gasteiger partial charge is 0.418 e. The molecule has 75 heavy (non-hydrogen) atoms. The number of aromatic nitrogens is 3. The second kappa shape index (κ2) is 22.2. The second-order valence-corrected chi connectivity index (χ2v) is 20.4. The van der Waals surface area contributed by atoms with Gasteiger partial charge < -0.3 is 33.9 Å². The monoisotopic (exact) mass is 1030 g/mol. The van der Waals surface area contributed by atoms with Gasteiger partial charge in [0.25, 0.3) is 5.91 Å². The van der Waals surface area contributed by atoms with Crippen LogP contribution in [0.2, 0.25) is 0 Å². The molecule has 4 fully saturated rings. The number of carbonyl (C=O) groups is 4. The number of nitrogens with one attached hydrogen (secondary N) is 2. The number of benzene rings is 3. The van der Waals surface area contributed by atoms with Crippen LogP contribution in [0, 0.1) is 0 Å². The highest BCUT2D eigenvalue weighted by atomic mass is 19.4. The number of hydrogen-bond donors (Lipinski definition) is 2. The van der Waals surface area contributed by atoms with Crippen LogP contribution in [0.5, 0.6) is 0 Å². The Bertz CT molecular complexity index is 2860. The Kier molecular flexibility index (Phi) is 15.4. The average Bonchev–Trinajstić information content (AvgIpc) is 3.95. The molecule has 17 nitrogen and oxygen atoms in total. The number of amides is 4. The molecule has 1 atom stereocenters. The summed E-state index contributed by atoms with van der Waals surface area (Å²) < 4.78 is 63.9. The quantitative estimate of drug-likeness (QED) is 0.0994. The Morgan fingerprint density at radius 3 is 2.37 bits per heavy atom. The van der Waals surface area contributed by atoms with Gasteiger partial charge >= 0.3 is 6.18 Å². The summed E-state index contributed by atoms with van der Waals surface area (Å²) in [6, 6.07) is 21.2. The zero-order valence-corrected chi connectivity index (χ0v) is 42.3. The topological polar surface area (TPSA) is 167 Å². The normalized spacial score (nSPS) is 21.2. The maximum Gasteiger partial charge on any atom is 0.418 e. The van der Waals surface area contributed by atoms with Crippen molar-refractivity contribution in [1.29, 1.82) is 0 Å². The maximum atomic E-state index is 14.8. The summed E-state index contributed by atoms with van der Waals surface area (Å²) >= 11 is 0. The molecule has 1 aromatic heterocycles. The van der Waals surface area contributed by atoms with E-state index in [0.717, 1.165) is 84.7 Å². The van der Waals surface area contributed by atoms with E-state index in [0.29, 0.717) is 82.3 Å². The highest BCUT2D eigenvalue weighted by Crippen LogP contribution is 2.39. The minimum atomic E-state index is -4.72. The number of aryl methyl sites for hydroxylation is 1. The number of halogens is 3. The molecule has 0 radical (unpaired) electrons. The highest BCUT2D eigenvalue weighted by Gasteiger charge is 2.43. The van der Waals surface area contributed by atoms with Crippen LogP contribution in [-0.4, -0.2) is 149 Å². The molecule has 2 N–H and O–H groups in total. The summed E-state index contributed by atoms with van der Waals surface area (Å²) in [6.45, 7) is 9.73. The molecule has 4 aromatic rings. The van der Waals surface area contributed by atoms with Crippen LogP contribution >= 0.6 is 0 Å². The predicted octanol–water partition coefficient (Wildman–Crippen LogP) is 5.59. The first-order valence-electron chi connectivity index (χ1n) is 25.7. The molecule has 4 saturated heterocycles. The predicted molar refractivity (Wildman–Crippen MR) is 272 cm³/mol. The van der Waals surface area contributed by atoms with E-state index in [1.54, 1.807) is 17.3 Å². The second-order valence-electron chi connectivity index (χ2n) is 20.4. The van der Waals surface area contributed by atoms with Gasteiger partial charge in [0.05, 0.1) is 50.4 Å². The van der Waals surface area contributed by atoms with E-state index in [1.807, 2.05) is 41.9 Å². The number of likely N-dealkylation sites (tertiary alicyclic amines) is 1. The fourth-order valence-electron chi connectivity index (χ4n) is 10.8. The first-order valence-corrected chi connectivity index (χ1v) is 25.7. The van der Waals surface area contributed by atoms with Crippen LogP contribution in [0.3, 0.4) is 0 Å². The van der Waals surface area contributed by atoms with Gasteiger partial charge in [-0.25, -0.2) is 0 Å². The van der Waals surface area contributed by atoms with E-state index in [2.05, 4.69) is 65.9 Å². The average molecular weight is 1030 g/mol. The van der Waals surface area contributed by atoms with Crippen molar-refractivity contribution < 1.29 is 46.6 Å². The van der Waals surface area contributed by atoms with Crippen molar-refractivity contribution in [2.24, 2.45) is 7.05 Å². The molecular formula is C55H63F3N10O7. The number of rotatable bonds is 17. The number of ether oxygens (including phenoxy) is 3. The number of piperidine rings is 2. The number of allylic oxidation sites excluding steroid dienone is 1. The summed E-state index contributed by atoms with van der Waals surface area (Å²) in [4.78, 5) is 59.7. The van der Waals surface area contributed by atoms with Crippen LogP contribution in [0.4, 0.5) is 24.5 Å². The molecule has 3 aromatic carbocycles. The molecule has 0 saturated carbocycles. The van der Waals surface area contributed by atoms with Crippen LogP contribution in [0.25, 0.3) is 0 Å². The van der Waals surface area contributed by atoms with E-state index >= 15 is 0 Å². The lowest BCUT2D eigenvalue weighted by atomic mass is 9.75. The molecule has 0 bridgehead atoms. The van der Waals surface area contributed by atoms with E-state index < -0.39 is 29.6 Å². The molecule has 20 heteroatoms. The van der Waals surface area contributed by atoms with Gasteiger partial charge in [0, 0.05) is 120 Å². The van der Waals surface area contributed by atoms with E-state index in [-0.39, 0.29) is 42.0 Å². The van der Waals surface area contributed by atoms with Gasteiger partial charge in [-0.1, -0.05) is 36.4 Å². The molecular weight excluding hydrogens is 970 g/mol. The Balaban J connectivity index is 0.636. The SMILES string of the molecule is CC(=O)N1C=C(CN2CCC(OCCOCc3ccc(CN4CCN(c5ccc6c(c5)CN(C5CCC(=O)NC5=O)C6=O)CC4)cc3)CC2)C=C(C(F)(F)F)/C1=C/Nc1cccc(C2(Cc3nncn3C)COC2)c1. The van der Waals surface area contributed by atoms with E-state index in [1.165, 1.54) is 24.9 Å². The Labute approximate surface area is 433 Å². The van der Waals surface area contributed by atoms with Crippen molar-refractivity contribution in [3.63, 3.8) is 0 Å². The third kappa shape index (κ3) is 11.9. The van der Waals surface area contributed by atoms with Crippen LogP contribution in [0.1, 0.15) is 71.0 Å². The zero-order chi connectivity index (χ0) is 52.3. The van der Waals surface area contributed by atoms with Gasteiger partial charge in [0.2, 0.25) is 17.7 Å². The first-order chi connectivity index (χ1) is 36.2. The lowest BCUT2D eigenvalue weighted by molar-refractivity contribution is -0.137. The summed E-state index contributed by atoms with van der Waals surface area (Å²) in [5.41, 5.74) is 5.27. The summed E-state index contributed by atoms with van der Waals surface area (Å²) in [7, 11) is 1.88. The minimum absolute atomic E-state index is 0.0101. The van der Waals surface area contributed by atoms with Gasteiger partial charge in [-0.2, -0.15) is 13.2 Å². The van der Waals surface area contributed by atoms with Crippen molar-refractivity contribution in [2.75, 3.05) is 82.5 Å². The minimum Gasteiger partial charge on any atom is -0.379 e.